The largest absolute Gasteiger partial charge is 0.504 e. The number of amides is 1. The first-order valence-electron chi connectivity index (χ1n) is 8.29. The standard InChI is InChI=1S/C19H25NO5/c1-6-9-20-15(11-7-8-13(25-5)12(21)10-11)14(16(22)18(20)24)17(23)19(2,3)4/h7-8,10,15,21-22H,6,9H2,1-5H3. The third kappa shape index (κ3) is 3.34. The highest BCUT2D eigenvalue weighted by Gasteiger charge is 2.45. The fourth-order valence-corrected chi connectivity index (χ4v) is 2.98. The van der Waals surface area contributed by atoms with E-state index in [0.717, 1.165) is 0 Å². The van der Waals surface area contributed by atoms with Gasteiger partial charge in [0.15, 0.2) is 23.0 Å². The van der Waals surface area contributed by atoms with E-state index in [1.807, 2.05) is 6.92 Å². The second-order valence-corrected chi connectivity index (χ2v) is 7.17. The number of carbonyl (C=O) groups excluding carboxylic acids is 2. The Labute approximate surface area is 147 Å². The summed E-state index contributed by atoms with van der Waals surface area (Å²) in [6.07, 6.45) is 0.675. The maximum Gasteiger partial charge on any atom is 0.290 e. The van der Waals surface area contributed by atoms with Crippen LogP contribution >= 0.6 is 0 Å². The summed E-state index contributed by atoms with van der Waals surface area (Å²) in [4.78, 5) is 26.9. The van der Waals surface area contributed by atoms with Crippen LogP contribution in [0.1, 0.15) is 45.7 Å². The van der Waals surface area contributed by atoms with Crippen LogP contribution in [0.2, 0.25) is 0 Å². The lowest BCUT2D eigenvalue weighted by Crippen LogP contribution is -2.33. The molecule has 1 amide bonds. The van der Waals surface area contributed by atoms with Crippen molar-refractivity contribution < 1.29 is 24.5 Å². The first kappa shape index (κ1) is 18.8. The van der Waals surface area contributed by atoms with Crippen LogP contribution in [0.5, 0.6) is 11.5 Å². The van der Waals surface area contributed by atoms with Crippen molar-refractivity contribution in [2.45, 2.75) is 40.2 Å². The van der Waals surface area contributed by atoms with Gasteiger partial charge in [-0.1, -0.05) is 33.8 Å². The zero-order valence-corrected chi connectivity index (χ0v) is 15.3. The zero-order valence-electron chi connectivity index (χ0n) is 15.3. The molecule has 0 saturated heterocycles. The van der Waals surface area contributed by atoms with Crippen molar-refractivity contribution in [2.75, 3.05) is 13.7 Å². The topological polar surface area (TPSA) is 87.1 Å². The van der Waals surface area contributed by atoms with Gasteiger partial charge in [0.1, 0.15) is 0 Å². The van der Waals surface area contributed by atoms with E-state index < -0.39 is 23.1 Å². The number of benzene rings is 1. The van der Waals surface area contributed by atoms with Crippen LogP contribution in [0.15, 0.2) is 29.5 Å². The van der Waals surface area contributed by atoms with Gasteiger partial charge in [-0.15, -0.1) is 0 Å². The number of aliphatic hydroxyl groups excluding tert-OH is 1. The van der Waals surface area contributed by atoms with E-state index in [0.29, 0.717) is 24.3 Å². The maximum atomic E-state index is 12.9. The molecule has 1 aliphatic rings. The fourth-order valence-electron chi connectivity index (χ4n) is 2.98. The molecule has 0 saturated carbocycles. The SMILES string of the molecule is CCCN1C(=O)C(O)=C(C(=O)C(C)(C)C)C1c1ccc(OC)c(O)c1. The summed E-state index contributed by atoms with van der Waals surface area (Å²) >= 11 is 0. The van der Waals surface area contributed by atoms with Crippen molar-refractivity contribution in [1.29, 1.82) is 0 Å². The summed E-state index contributed by atoms with van der Waals surface area (Å²) in [5, 5.41) is 20.5. The van der Waals surface area contributed by atoms with Crippen LogP contribution in [0.4, 0.5) is 0 Å². The zero-order chi connectivity index (χ0) is 18.9. The Morgan fingerprint density at radius 2 is 1.92 bits per heavy atom. The van der Waals surface area contributed by atoms with Gasteiger partial charge < -0.3 is 19.8 Å². The summed E-state index contributed by atoms with van der Waals surface area (Å²) in [7, 11) is 1.44. The van der Waals surface area contributed by atoms with Crippen molar-refractivity contribution in [3.05, 3.63) is 35.1 Å². The number of nitrogens with zero attached hydrogens (tertiary/aromatic N) is 1. The Hall–Kier alpha value is -2.50. The Morgan fingerprint density at radius 3 is 2.40 bits per heavy atom. The number of phenols is 1. The maximum absolute atomic E-state index is 12.9. The Bertz CT molecular complexity index is 730. The number of hydrogen-bond donors (Lipinski definition) is 2. The molecule has 1 aliphatic heterocycles. The van der Waals surface area contributed by atoms with Crippen molar-refractivity contribution in [3.63, 3.8) is 0 Å². The van der Waals surface area contributed by atoms with Crippen LogP contribution < -0.4 is 4.74 Å². The summed E-state index contributed by atoms with van der Waals surface area (Å²) in [6, 6.07) is 4.01. The third-order valence-electron chi connectivity index (χ3n) is 4.21. The van der Waals surface area contributed by atoms with E-state index in [4.69, 9.17) is 4.74 Å². The number of ether oxygens (including phenoxy) is 1. The molecule has 0 aliphatic carbocycles. The Kier molecular flexibility index (Phi) is 5.11. The number of methoxy groups -OCH3 is 1. The van der Waals surface area contributed by atoms with E-state index in [2.05, 4.69) is 0 Å². The summed E-state index contributed by atoms with van der Waals surface area (Å²) < 4.78 is 5.05. The van der Waals surface area contributed by atoms with Crippen LogP contribution in [0.3, 0.4) is 0 Å². The van der Waals surface area contributed by atoms with Gasteiger partial charge in [-0.25, -0.2) is 0 Å². The van der Waals surface area contributed by atoms with Gasteiger partial charge in [-0.05, 0) is 24.1 Å². The summed E-state index contributed by atoms with van der Waals surface area (Å²) in [6.45, 7) is 7.53. The number of ketones is 1. The molecule has 6 heteroatoms. The molecule has 0 bridgehead atoms. The lowest BCUT2D eigenvalue weighted by atomic mass is 9.82. The van der Waals surface area contributed by atoms with Crippen LogP contribution in [0, 0.1) is 5.41 Å². The average Bonchev–Trinajstić information content (AvgIpc) is 2.78. The minimum atomic E-state index is -0.751. The predicted octanol–water partition coefficient (Wildman–Crippen LogP) is 3.12. The Balaban J connectivity index is 2.61. The first-order chi connectivity index (χ1) is 11.6. The second kappa shape index (κ2) is 6.78. The minimum absolute atomic E-state index is 0.0792. The second-order valence-electron chi connectivity index (χ2n) is 7.17. The van der Waals surface area contributed by atoms with Gasteiger partial charge in [-0.3, -0.25) is 9.59 Å². The molecular weight excluding hydrogens is 322 g/mol. The smallest absolute Gasteiger partial charge is 0.290 e. The lowest BCUT2D eigenvalue weighted by Gasteiger charge is -2.28. The number of rotatable bonds is 5. The predicted molar refractivity (Wildman–Crippen MR) is 93.5 cm³/mol. The van der Waals surface area contributed by atoms with E-state index >= 15 is 0 Å². The van der Waals surface area contributed by atoms with E-state index in [1.165, 1.54) is 18.1 Å². The molecule has 1 heterocycles. The average molecular weight is 347 g/mol. The van der Waals surface area contributed by atoms with Crippen LogP contribution in [-0.4, -0.2) is 40.5 Å². The number of carbonyl (C=O) groups is 2. The number of aliphatic hydroxyl groups is 1. The molecule has 0 radical (unpaired) electrons. The van der Waals surface area contributed by atoms with E-state index in [1.54, 1.807) is 32.9 Å². The minimum Gasteiger partial charge on any atom is -0.504 e. The molecule has 0 spiro atoms. The van der Waals surface area contributed by atoms with Gasteiger partial charge in [-0.2, -0.15) is 0 Å². The number of Topliss-reactive ketones (excluding diaryl/α,β-unsaturated/α-hetero) is 1. The Morgan fingerprint density at radius 1 is 1.28 bits per heavy atom. The molecule has 25 heavy (non-hydrogen) atoms. The molecule has 0 aromatic heterocycles. The molecule has 2 rings (SSSR count). The van der Waals surface area contributed by atoms with E-state index in [9.17, 15) is 19.8 Å². The number of aromatic hydroxyl groups is 1. The van der Waals surface area contributed by atoms with Gasteiger partial charge in [0.2, 0.25) is 0 Å². The van der Waals surface area contributed by atoms with Gasteiger partial charge >= 0.3 is 0 Å². The molecule has 136 valence electrons. The van der Waals surface area contributed by atoms with Crippen molar-refractivity contribution in [2.24, 2.45) is 5.41 Å². The van der Waals surface area contributed by atoms with Gasteiger partial charge in [0, 0.05) is 12.0 Å². The third-order valence-corrected chi connectivity index (χ3v) is 4.21. The van der Waals surface area contributed by atoms with Crippen LogP contribution in [0.25, 0.3) is 0 Å². The molecule has 1 aromatic rings. The number of phenolic OH excluding ortho intramolecular Hbond substituents is 1. The molecular formula is C19H25NO5. The van der Waals surface area contributed by atoms with Crippen molar-refractivity contribution in [3.8, 4) is 11.5 Å². The monoisotopic (exact) mass is 347 g/mol. The highest BCUT2D eigenvalue weighted by molar-refractivity contribution is 6.10. The molecule has 1 atom stereocenters. The molecule has 6 nitrogen and oxygen atoms in total. The first-order valence-corrected chi connectivity index (χ1v) is 8.29. The molecule has 1 unspecified atom stereocenters. The summed E-state index contributed by atoms with van der Waals surface area (Å²) in [5.41, 5.74) is -0.120. The van der Waals surface area contributed by atoms with Crippen molar-refractivity contribution in [1.82, 2.24) is 4.90 Å². The number of hydrogen-bond acceptors (Lipinski definition) is 5. The normalized spacial score (nSPS) is 18.0. The highest BCUT2D eigenvalue weighted by atomic mass is 16.5. The van der Waals surface area contributed by atoms with Gasteiger partial charge in [0.25, 0.3) is 5.91 Å². The van der Waals surface area contributed by atoms with Crippen molar-refractivity contribution >= 4 is 11.7 Å². The quantitative estimate of drug-likeness (QED) is 0.854. The van der Waals surface area contributed by atoms with Crippen LogP contribution in [-0.2, 0) is 9.59 Å². The van der Waals surface area contributed by atoms with Gasteiger partial charge in [0.05, 0.1) is 18.7 Å². The lowest BCUT2D eigenvalue weighted by molar-refractivity contribution is -0.129. The van der Waals surface area contributed by atoms with E-state index in [-0.39, 0.29) is 17.1 Å². The fraction of sp³-hybridized carbons (Fsp3) is 0.474. The highest BCUT2D eigenvalue weighted by Crippen LogP contribution is 2.42. The molecule has 0 fully saturated rings. The summed E-state index contributed by atoms with van der Waals surface area (Å²) in [5.74, 6) is -1.15. The molecule has 2 N–H and O–H groups in total. The molecule has 1 aromatic carbocycles.